The fourth-order valence-corrected chi connectivity index (χ4v) is 1.38. The summed E-state index contributed by atoms with van der Waals surface area (Å²) in [6, 6.07) is -0.250. The Morgan fingerprint density at radius 1 is 1.47 bits per heavy atom. The smallest absolute Gasteiger partial charge is 0.135 e. The maximum Gasteiger partial charge on any atom is 0.135 e. The second kappa shape index (κ2) is 9.47. The minimum absolute atomic E-state index is 0. The van der Waals surface area contributed by atoms with Crippen LogP contribution in [0.4, 0.5) is 0 Å². The Labute approximate surface area is 121 Å². The SMILES string of the molecule is CCC(=O)CC(C(C)=O)C(C)N=C=S.[Y]. The van der Waals surface area contributed by atoms with Crippen LogP contribution in [0.3, 0.4) is 0 Å². The van der Waals surface area contributed by atoms with Crippen LogP contribution in [0.2, 0.25) is 0 Å². The Morgan fingerprint density at radius 3 is 2.33 bits per heavy atom. The molecule has 0 aromatic rings. The van der Waals surface area contributed by atoms with Gasteiger partial charge in [0.15, 0.2) is 0 Å². The second-order valence-corrected chi connectivity index (χ2v) is 3.46. The molecular weight excluding hydrogens is 287 g/mol. The Balaban J connectivity index is 0. The van der Waals surface area contributed by atoms with E-state index in [1.54, 1.807) is 13.8 Å². The van der Waals surface area contributed by atoms with Gasteiger partial charge in [0.25, 0.3) is 0 Å². The Morgan fingerprint density at radius 2 is 2.00 bits per heavy atom. The van der Waals surface area contributed by atoms with Gasteiger partial charge >= 0.3 is 0 Å². The number of isothiocyanates is 1. The molecule has 1 radical (unpaired) electrons. The molecule has 0 saturated heterocycles. The molecule has 0 fully saturated rings. The number of rotatable bonds is 6. The van der Waals surface area contributed by atoms with Crippen molar-refractivity contribution in [2.75, 3.05) is 0 Å². The molecule has 0 aromatic heterocycles. The molecule has 0 aliphatic rings. The number of thiocarbonyl (C=S) groups is 1. The summed E-state index contributed by atoms with van der Waals surface area (Å²) in [5.41, 5.74) is 0. The van der Waals surface area contributed by atoms with Gasteiger partial charge in [-0.1, -0.05) is 6.92 Å². The zero-order chi connectivity index (χ0) is 11.1. The van der Waals surface area contributed by atoms with E-state index in [9.17, 15) is 9.59 Å². The van der Waals surface area contributed by atoms with E-state index in [1.807, 2.05) is 0 Å². The first kappa shape index (κ1) is 17.6. The zero-order valence-electron chi connectivity index (χ0n) is 9.32. The van der Waals surface area contributed by atoms with Crippen LogP contribution in [0.15, 0.2) is 4.99 Å². The van der Waals surface area contributed by atoms with Gasteiger partial charge in [-0.3, -0.25) is 9.59 Å². The molecule has 0 aromatic carbocycles. The number of nitrogens with zero attached hydrogens (tertiary/aromatic N) is 1. The van der Waals surface area contributed by atoms with E-state index in [1.165, 1.54) is 6.92 Å². The summed E-state index contributed by atoms with van der Waals surface area (Å²) in [7, 11) is 0. The number of hydrogen-bond acceptors (Lipinski definition) is 4. The van der Waals surface area contributed by atoms with Crippen LogP contribution in [0.25, 0.3) is 0 Å². The van der Waals surface area contributed by atoms with Gasteiger partial charge < -0.3 is 0 Å². The fourth-order valence-electron chi connectivity index (χ4n) is 1.22. The average molecular weight is 302 g/mol. The first-order valence-corrected chi connectivity index (χ1v) is 5.02. The molecule has 0 spiro atoms. The van der Waals surface area contributed by atoms with Gasteiger partial charge in [-0.15, -0.1) is 0 Å². The van der Waals surface area contributed by atoms with Crippen LogP contribution in [-0.4, -0.2) is 22.8 Å². The maximum atomic E-state index is 11.2. The van der Waals surface area contributed by atoms with E-state index in [4.69, 9.17) is 0 Å². The van der Waals surface area contributed by atoms with Gasteiger partial charge in [0.05, 0.1) is 11.2 Å². The van der Waals surface area contributed by atoms with Gasteiger partial charge in [0.1, 0.15) is 11.6 Å². The van der Waals surface area contributed by atoms with Crippen molar-refractivity contribution in [3.05, 3.63) is 0 Å². The first-order valence-electron chi connectivity index (χ1n) is 4.62. The molecule has 0 aliphatic heterocycles. The van der Waals surface area contributed by atoms with Gasteiger partial charge in [-0.25, -0.2) is 4.99 Å². The molecule has 0 saturated carbocycles. The molecule has 2 unspecified atom stereocenters. The molecule has 2 atom stereocenters. The van der Waals surface area contributed by atoms with Crippen LogP contribution in [-0.2, 0) is 42.3 Å². The van der Waals surface area contributed by atoms with Crippen molar-refractivity contribution < 1.29 is 42.3 Å². The summed E-state index contributed by atoms with van der Waals surface area (Å²) in [4.78, 5) is 26.3. The minimum Gasteiger partial charge on any atom is -0.300 e. The maximum absolute atomic E-state index is 11.2. The number of Topliss-reactive ketones (excluding diaryl/α,β-unsaturated/α-hetero) is 2. The minimum atomic E-state index is -0.349. The van der Waals surface area contributed by atoms with Gasteiger partial charge in [-0.2, -0.15) is 0 Å². The molecule has 3 nitrogen and oxygen atoms in total. The molecule has 0 heterocycles. The summed E-state index contributed by atoms with van der Waals surface area (Å²) >= 11 is 4.46. The predicted molar refractivity (Wildman–Crippen MR) is 58.6 cm³/mol. The third-order valence-electron chi connectivity index (χ3n) is 2.20. The summed E-state index contributed by atoms with van der Waals surface area (Å²) in [6.45, 7) is 5.03. The zero-order valence-corrected chi connectivity index (χ0v) is 13.0. The summed E-state index contributed by atoms with van der Waals surface area (Å²) in [5, 5.41) is 2.24. The molecular formula is C10H15NO2SY. The molecule has 0 rings (SSSR count). The van der Waals surface area contributed by atoms with E-state index in [0.717, 1.165) is 0 Å². The normalized spacial score (nSPS) is 13.0. The van der Waals surface area contributed by atoms with Crippen LogP contribution in [0, 0.1) is 5.92 Å². The third kappa shape index (κ3) is 7.18. The average Bonchev–Trinajstić information content (AvgIpc) is 2.13. The third-order valence-corrected chi connectivity index (χ3v) is 2.31. The Bertz CT molecular complexity index is 275. The summed E-state index contributed by atoms with van der Waals surface area (Å²) < 4.78 is 0. The van der Waals surface area contributed by atoms with E-state index >= 15 is 0 Å². The number of hydrogen-bond donors (Lipinski definition) is 0. The van der Waals surface area contributed by atoms with Crippen molar-refractivity contribution in [3.63, 3.8) is 0 Å². The summed E-state index contributed by atoms with van der Waals surface area (Å²) in [6.07, 6.45) is 0.714. The molecule has 15 heavy (non-hydrogen) atoms. The fraction of sp³-hybridized carbons (Fsp3) is 0.700. The van der Waals surface area contributed by atoms with E-state index in [-0.39, 0.29) is 62.7 Å². The van der Waals surface area contributed by atoms with Crippen molar-refractivity contribution in [1.29, 1.82) is 0 Å². The Kier molecular flexibility index (Phi) is 11.1. The molecule has 0 N–H and O–H groups in total. The summed E-state index contributed by atoms with van der Waals surface area (Å²) in [5.74, 6) is -0.289. The van der Waals surface area contributed by atoms with Crippen LogP contribution in [0.5, 0.6) is 0 Å². The first-order chi connectivity index (χ1) is 6.52. The monoisotopic (exact) mass is 302 g/mol. The van der Waals surface area contributed by atoms with E-state index in [2.05, 4.69) is 22.4 Å². The number of carbonyl (C=O) groups is 2. The van der Waals surface area contributed by atoms with Crippen molar-refractivity contribution >= 4 is 28.9 Å². The number of ketones is 2. The van der Waals surface area contributed by atoms with Crippen LogP contribution < -0.4 is 0 Å². The topological polar surface area (TPSA) is 46.5 Å². The van der Waals surface area contributed by atoms with Crippen molar-refractivity contribution in [2.24, 2.45) is 10.9 Å². The number of aliphatic imine (C=N–C) groups is 1. The molecule has 5 heteroatoms. The van der Waals surface area contributed by atoms with Crippen LogP contribution >= 0.6 is 12.2 Å². The van der Waals surface area contributed by atoms with Gasteiger partial charge in [-0.05, 0) is 26.1 Å². The molecule has 0 aliphatic carbocycles. The van der Waals surface area contributed by atoms with E-state index < -0.39 is 0 Å². The largest absolute Gasteiger partial charge is 0.300 e. The van der Waals surface area contributed by atoms with E-state index in [0.29, 0.717) is 6.42 Å². The quantitative estimate of drug-likeness (QED) is 0.557. The standard InChI is InChI=1S/C10H15NO2S.Y/c1-4-9(13)5-10(8(3)12)7(2)11-6-14;/h7,10H,4-5H2,1-3H3;. The van der Waals surface area contributed by atoms with Crippen LogP contribution in [0.1, 0.15) is 33.6 Å². The van der Waals surface area contributed by atoms with Crippen molar-refractivity contribution in [3.8, 4) is 0 Å². The second-order valence-electron chi connectivity index (χ2n) is 3.27. The van der Waals surface area contributed by atoms with Crippen molar-refractivity contribution in [2.45, 2.75) is 39.7 Å². The predicted octanol–water partition coefficient (Wildman–Crippen LogP) is 2.05. The van der Waals surface area contributed by atoms with Gasteiger partial charge in [0, 0.05) is 51.5 Å². The number of carbonyl (C=O) groups excluding carboxylic acids is 2. The molecule has 0 bridgehead atoms. The van der Waals surface area contributed by atoms with Crippen molar-refractivity contribution in [1.82, 2.24) is 0 Å². The van der Waals surface area contributed by atoms with Gasteiger partial charge in [0.2, 0.25) is 0 Å². The molecule has 0 amide bonds. The molecule has 81 valence electrons. The Hall–Kier alpha value is 0.244.